The van der Waals surface area contributed by atoms with Crippen LogP contribution in [0, 0.1) is 0 Å². The summed E-state index contributed by atoms with van der Waals surface area (Å²) in [6.07, 6.45) is 0. The number of methoxy groups -OCH3 is 2. The number of benzene rings is 3. The summed E-state index contributed by atoms with van der Waals surface area (Å²) in [4.78, 5) is 9.36. The van der Waals surface area contributed by atoms with Gasteiger partial charge in [-0.15, -0.1) is 0 Å². The third kappa shape index (κ3) is 5.21. The van der Waals surface area contributed by atoms with Gasteiger partial charge in [0.15, 0.2) is 0 Å². The summed E-state index contributed by atoms with van der Waals surface area (Å²) >= 11 is 0. The van der Waals surface area contributed by atoms with E-state index < -0.39 is 0 Å². The molecule has 4 rings (SSSR count). The summed E-state index contributed by atoms with van der Waals surface area (Å²) in [5.74, 6) is 2.76. The fourth-order valence-corrected chi connectivity index (χ4v) is 3.07. The lowest BCUT2D eigenvalue weighted by Gasteiger charge is -2.13. The van der Waals surface area contributed by atoms with Gasteiger partial charge >= 0.3 is 0 Å². The summed E-state index contributed by atoms with van der Waals surface area (Å²) < 4.78 is 15.9. The normalized spacial score (nSPS) is 10.6. The molecule has 0 saturated heterocycles. The minimum atomic E-state index is 0.497. The zero-order valence-corrected chi connectivity index (χ0v) is 17.5. The van der Waals surface area contributed by atoms with Gasteiger partial charge < -0.3 is 24.8 Å². The second-order valence-electron chi connectivity index (χ2n) is 6.76. The van der Waals surface area contributed by atoms with E-state index in [0.717, 1.165) is 33.8 Å². The van der Waals surface area contributed by atoms with Crippen LogP contribution in [0.1, 0.15) is 0 Å². The van der Waals surface area contributed by atoms with Gasteiger partial charge in [-0.1, -0.05) is 18.2 Å². The number of anilines is 4. The number of fused-ring (bicyclic) bond motifs is 1. The van der Waals surface area contributed by atoms with Crippen molar-refractivity contribution in [3.05, 3.63) is 72.8 Å². The monoisotopic (exact) mass is 416 g/mol. The predicted molar refractivity (Wildman–Crippen MR) is 123 cm³/mol. The van der Waals surface area contributed by atoms with Crippen molar-refractivity contribution < 1.29 is 14.2 Å². The van der Waals surface area contributed by atoms with E-state index in [2.05, 4.69) is 15.6 Å². The van der Waals surface area contributed by atoms with Gasteiger partial charge in [0.25, 0.3) is 0 Å². The van der Waals surface area contributed by atoms with Crippen molar-refractivity contribution in [3.8, 4) is 11.5 Å². The molecule has 7 heteroatoms. The Morgan fingerprint density at radius 3 is 2.39 bits per heavy atom. The van der Waals surface area contributed by atoms with Crippen LogP contribution in [0.25, 0.3) is 10.9 Å². The van der Waals surface area contributed by atoms with Gasteiger partial charge in [-0.2, -0.15) is 4.98 Å². The fourth-order valence-electron chi connectivity index (χ4n) is 3.07. The van der Waals surface area contributed by atoms with Crippen LogP contribution in [0.4, 0.5) is 23.1 Å². The maximum Gasteiger partial charge on any atom is 0.229 e. The van der Waals surface area contributed by atoms with Crippen molar-refractivity contribution in [2.45, 2.75) is 0 Å². The largest absolute Gasteiger partial charge is 0.497 e. The highest BCUT2D eigenvalue weighted by Crippen LogP contribution is 2.28. The van der Waals surface area contributed by atoms with Gasteiger partial charge in [0.2, 0.25) is 5.95 Å². The molecule has 0 unspecified atom stereocenters. The Kier molecular flexibility index (Phi) is 6.44. The summed E-state index contributed by atoms with van der Waals surface area (Å²) in [6, 6.07) is 23.3. The Bertz CT molecular complexity index is 1150. The molecule has 0 spiro atoms. The molecular formula is C24H24N4O3. The molecule has 1 aromatic heterocycles. The van der Waals surface area contributed by atoms with Crippen LogP contribution in [-0.4, -0.2) is 37.4 Å². The number of para-hydroxylation sites is 1. The molecule has 0 amide bonds. The van der Waals surface area contributed by atoms with E-state index in [-0.39, 0.29) is 0 Å². The molecule has 0 bridgehead atoms. The molecule has 0 saturated carbocycles. The molecule has 0 radical (unpaired) electrons. The van der Waals surface area contributed by atoms with Gasteiger partial charge in [-0.05, 0) is 48.5 Å². The topological polar surface area (TPSA) is 77.5 Å². The number of hydrogen-bond acceptors (Lipinski definition) is 7. The van der Waals surface area contributed by atoms with Crippen LogP contribution in [-0.2, 0) is 4.74 Å². The summed E-state index contributed by atoms with van der Waals surface area (Å²) in [7, 11) is 3.30. The number of nitrogens with one attached hydrogen (secondary N) is 2. The lowest BCUT2D eigenvalue weighted by Crippen LogP contribution is -2.04. The summed E-state index contributed by atoms with van der Waals surface area (Å²) in [5, 5.41) is 7.58. The Morgan fingerprint density at radius 2 is 1.58 bits per heavy atom. The van der Waals surface area contributed by atoms with E-state index in [1.807, 2.05) is 72.8 Å². The number of aromatic nitrogens is 2. The quantitative estimate of drug-likeness (QED) is 0.365. The maximum absolute atomic E-state index is 5.61. The average molecular weight is 416 g/mol. The molecule has 158 valence electrons. The molecule has 0 aliphatic rings. The Morgan fingerprint density at radius 1 is 0.742 bits per heavy atom. The standard InChI is InChI=1S/C24H24N4O3/c1-29-14-15-31-19-12-10-17(11-13-19)26-24-27-22-9-4-3-8-21(22)23(28-24)25-18-6-5-7-20(16-18)30-2/h3-13,16H,14-15H2,1-2H3,(H2,25,26,27,28). The van der Waals surface area contributed by atoms with Crippen molar-refractivity contribution >= 4 is 34.0 Å². The zero-order chi connectivity index (χ0) is 21.5. The molecular weight excluding hydrogens is 392 g/mol. The fraction of sp³-hybridized carbons (Fsp3) is 0.167. The van der Waals surface area contributed by atoms with Crippen LogP contribution >= 0.6 is 0 Å². The lowest BCUT2D eigenvalue weighted by atomic mass is 10.2. The van der Waals surface area contributed by atoms with Crippen LogP contribution in [0.3, 0.4) is 0 Å². The van der Waals surface area contributed by atoms with Gasteiger partial charge in [0.05, 0.1) is 19.2 Å². The van der Waals surface area contributed by atoms with Crippen LogP contribution in [0.5, 0.6) is 11.5 Å². The van der Waals surface area contributed by atoms with Crippen molar-refractivity contribution in [1.29, 1.82) is 0 Å². The van der Waals surface area contributed by atoms with E-state index >= 15 is 0 Å². The van der Waals surface area contributed by atoms with E-state index in [0.29, 0.717) is 25.0 Å². The Balaban J connectivity index is 1.58. The molecule has 3 aromatic carbocycles. The molecule has 7 nitrogen and oxygen atoms in total. The van der Waals surface area contributed by atoms with Gasteiger partial charge in [-0.25, -0.2) is 4.98 Å². The first-order valence-corrected chi connectivity index (χ1v) is 9.92. The Hall–Kier alpha value is -3.84. The molecule has 1 heterocycles. The van der Waals surface area contributed by atoms with Crippen molar-refractivity contribution in [3.63, 3.8) is 0 Å². The molecule has 0 aliphatic carbocycles. The third-order valence-electron chi connectivity index (χ3n) is 4.60. The summed E-state index contributed by atoms with van der Waals surface area (Å²) in [5.41, 5.74) is 2.58. The second-order valence-corrected chi connectivity index (χ2v) is 6.76. The van der Waals surface area contributed by atoms with Gasteiger partial charge in [-0.3, -0.25) is 0 Å². The zero-order valence-electron chi connectivity index (χ0n) is 17.5. The average Bonchev–Trinajstić information content (AvgIpc) is 2.80. The number of hydrogen-bond donors (Lipinski definition) is 2. The molecule has 0 fully saturated rings. The predicted octanol–water partition coefficient (Wildman–Crippen LogP) is 5.15. The second kappa shape index (κ2) is 9.77. The van der Waals surface area contributed by atoms with Gasteiger partial charge in [0, 0.05) is 29.9 Å². The van der Waals surface area contributed by atoms with E-state index in [1.165, 1.54) is 0 Å². The smallest absolute Gasteiger partial charge is 0.229 e. The molecule has 0 aliphatic heterocycles. The highest BCUT2D eigenvalue weighted by molar-refractivity contribution is 5.92. The number of nitrogens with zero attached hydrogens (tertiary/aromatic N) is 2. The van der Waals surface area contributed by atoms with Crippen LogP contribution in [0.15, 0.2) is 72.8 Å². The van der Waals surface area contributed by atoms with Crippen molar-refractivity contribution in [2.24, 2.45) is 0 Å². The SMILES string of the molecule is COCCOc1ccc(Nc2nc(Nc3cccc(OC)c3)c3ccccc3n2)cc1. The minimum absolute atomic E-state index is 0.497. The number of rotatable bonds is 9. The van der Waals surface area contributed by atoms with E-state index in [9.17, 15) is 0 Å². The van der Waals surface area contributed by atoms with Crippen molar-refractivity contribution in [2.75, 3.05) is 38.1 Å². The van der Waals surface area contributed by atoms with E-state index in [1.54, 1.807) is 14.2 Å². The highest BCUT2D eigenvalue weighted by Gasteiger charge is 2.09. The minimum Gasteiger partial charge on any atom is -0.497 e. The van der Waals surface area contributed by atoms with Gasteiger partial charge in [0.1, 0.15) is 23.9 Å². The van der Waals surface area contributed by atoms with Crippen LogP contribution in [0.2, 0.25) is 0 Å². The molecule has 2 N–H and O–H groups in total. The first kappa shape index (κ1) is 20.4. The third-order valence-corrected chi connectivity index (χ3v) is 4.60. The first-order chi connectivity index (χ1) is 15.2. The highest BCUT2D eigenvalue weighted by atomic mass is 16.5. The van der Waals surface area contributed by atoms with Crippen molar-refractivity contribution in [1.82, 2.24) is 9.97 Å². The summed E-state index contributed by atoms with van der Waals surface area (Å²) in [6.45, 7) is 1.06. The lowest BCUT2D eigenvalue weighted by molar-refractivity contribution is 0.146. The maximum atomic E-state index is 5.61. The first-order valence-electron chi connectivity index (χ1n) is 9.92. The van der Waals surface area contributed by atoms with Crippen LogP contribution < -0.4 is 20.1 Å². The van der Waals surface area contributed by atoms with E-state index in [4.69, 9.17) is 19.2 Å². The Labute approximate surface area is 181 Å². The molecule has 0 atom stereocenters. The molecule has 4 aromatic rings. The number of ether oxygens (including phenoxy) is 3. The molecule has 31 heavy (non-hydrogen) atoms.